The van der Waals surface area contributed by atoms with Crippen molar-refractivity contribution in [1.29, 1.82) is 0 Å². The van der Waals surface area contributed by atoms with E-state index in [-0.39, 0.29) is 18.0 Å². The first-order valence-electron chi connectivity index (χ1n) is 7.71. The third kappa shape index (κ3) is 2.70. The van der Waals surface area contributed by atoms with Crippen LogP contribution in [0.15, 0.2) is 0 Å². The number of hydrogen-bond acceptors (Lipinski definition) is 4. The number of amides is 1. The van der Waals surface area contributed by atoms with Crippen molar-refractivity contribution in [3.63, 3.8) is 0 Å². The zero-order chi connectivity index (χ0) is 13.9. The Morgan fingerprint density at radius 3 is 3.05 bits per heavy atom. The third-order valence-electron chi connectivity index (χ3n) is 4.26. The van der Waals surface area contributed by atoms with Gasteiger partial charge in [0.15, 0.2) is 5.82 Å². The maximum absolute atomic E-state index is 12.2. The van der Waals surface area contributed by atoms with Crippen molar-refractivity contribution in [3.05, 3.63) is 11.6 Å². The van der Waals surface area contributed by atoms with Crippen LogP contribution in [0.25, 0.3) is 0 Å². The number of carbonyl (C=O) groups is 1. The van der Waals surface area contributed by atoms with E-state index in [2.05, 4.69) is 25.4 Å². The van der Waals surface area contributed by atoms with Crippen molar-refractivity contribution in [2.45, 2.75) is 64.1 Å². The van der Waals surface area contributed by atoms with E-state index in [0.717, 1.165) is 44.0 Å². The monoisotopic (exact) mass is 277 g/mol. The van der Waals surface area contributed by atoms with Gasteiger partial charge in [0.25, 0.3) is 0 Å². The summed E-state index contributed by atoms with van der Waals surface area (Å²) in [6.07, 6.45) is 6.60. The molecule has 0 radical (unpaired) electrons. The zero-order valence-corrected chi connectivity index (χ0v) is 12.1. The van der Waals surface area contributed by atoms with Crippen molar-refractivity contribution in [2.75, 3.05) is 6.54 Å². The summed E-state index contributed by atoms with van der Waals surface area (Å²) >= 11 is 0. The lowest BCUT2D eigenvalue weighted by molar-refractivity contribution is -0.123. The standard InChI is InChI=1S/C14H23N5O/c1-10(16-14(20)11-6-5-8-15-11)13-18-17-12-7-3-2-4-9-19(12)13/h10-11,15H,2-9H2,1H3,(H,16,20)/t10?,11-/m1/s1. The molecular weight excluding hydrogens is 254 g/mol. The molecule has 0 spiro atoms. The maximum atomic E-state index is 12.2. The molecule has 1 amide bonds. The largest absolute Gasteiger partial charge is 0.345 e. The molecule has 2 aliphatic heterocycles. The highest BCUT2D eigenvalue weighted by molar-refractivity contribution is 5.82. The van der Waals surface area contributed by atoms with Gasteiger partial charge in [-0.05, 0) is 39.2 Å². The van der Waals surface area contributed by atoms with Crippen molar-refractivity contribution >= 4 is 5.91 Å². The van der Waals surface area contributed by atoms with Crippen LogP contribution in [0.1, 0.15) is 56.7 Å². The van der Waals surface area contributed by atoms with E-state index in [1.807, 2.05) is 6.92 Å². The number of rotatable bonds is 3. The topological polar surface area (TPSA) is 71.8 Å². The first-order chi connectivity index (χ1) is 9.75. The first kappa shape index (κ1) is 13.5. The molecule has 0 aliphatic carbocycles. The summed E-state index contributed by atoms with van der Waals surface area (Å²) in [5, 5.41) is 14.9. The highest BCUT2D eigenvalue weighted by atomic mass is 16.2. The molecule has 20 heavy (non-hydrogen) atoms. The van der Waals surface area contributed by atoms with Gasteiger partial charge in [-0.25, -0.2) is 0 Å². The lowest BCUT2D eigenvalue weighted by Gasteiger charge is -2.17. The number of nitrogens with one attached hydrogen (secondary N) is 2. The molecule has 2 aliphatic rings. The van der Waals surface area contributed by atoms with Crippen LogP contribution in [-0.4, -0.2) is 33.3 Å². The highest BCUT2D eigenvalue weighted by Gasteiger charge is 2.26. The third-order valence-corrected chi connectivity index (χ3v) is 4.26. The van der Waals surface area contributed by atoms with Crippen molar-refractivity contribution in [3.8, 4) is 0 Å². The molecule has 0 saturated carbocycles. The van der Waals surface area contributed by atoms with E-state index in [9.17, 15) is 4.79 Å². The summed E-state index contributed by atoms with van der Waals surface area (Å²) in [6.45, 7) is 3.90. The fourth-order valence-electron chi connectivity index (χ4n) is 3.11. The van der Waals surface area contributed by atoms with E-state index in [1.165, 1.54) is 19.3 Å². The number of hydrogen-bond donors (Lipinski definition) is 2. The molecule has 3 rings (SSSR count). The molecule has 6 heteroatoms. The Labute approximate surface area is 119 Å². The van der Waals surface area contributed by atoms with E-state index in [4.69, 9.17) is 0 Å². The summed E-state index contributed by atoms with van der Waals surface area (Å²) in [5.41, 5.74) is 0. The van der Waals surface area contributed by atoms with E-state index in [0.29, 0.717) is 0 Å². The van der Waals surface area contributed by atoms with Crippen LogP contribution in [0.3, 0.4) is 0 Å². The van der Waals surface area contributed by atoms with Crippen molar-refractivity contribution in [2.24, 2.45) is 0 Å². The molecule has 2 N–H and O–H groups in total. The molecular formula is C14H23N5O. The molecule has 2 atom stereocenters. The summed E-state index contributed by atoms with van der Waals surface area (Å²) < 4.78 is 2.19. The zero-order valence-electron chi connectivity index (χ0n) is 12.1. The number of nitrogens with zero attached hydrogens (tertiary/aromatic N) is 3. The second-order valence-electron chi connectivity index (χ2n) is 5.82. The highest BCUT2D eigenvalue weighted by Crippen LogP contribution is 2.19. The number of carbonyl (C=O) groups excluding carboxylic acids is 1. The Kier molecular flexibility index (Phi) is 4.00. The minimum Gasteiger partial charge on any atom is -0.345 e. The van der Waals surface area contributed by atoms with E-state index in [1.54, 1.807) is 0 Å². The van der Waals surface area contributed by atoms with Gasteiger partial charge in [0.1, 0.15) is 5.82 Å². The Bertz CT molecular complexity index is 478. The van der Waals surface area contributed by atoms with Crippen molar-refractivity contribution < 1.29 is 4.79 Å². The average molecular weight is 277 g/mol. The van der Waals surface area contributed by atoms with Crippen LogP contribution in [0.5, 0.6) is 0 Å². The smallest absolute Gasteiger partial charge is 0.237 e. The predicted molar refractivity (Wildman–Crippen MR) is 75.2 cm³/mol. The number of fused-ring (bicyclic) bond motifs is 1. The molecule has 1 fully saturated rings. The van der Waals surface area contributed by atoms with Crippen LogP contribution in [0.4, 0.5) is 0 Å². The summed E-state index contributed by atoms with van der Waals surface area (Å²) in [6, 6.07) is -0.117. The van der Waals surface area contributed by atoms with E-state index < -0.39 is 0 Å². The predicted octanol–water partition coefficient (Wildman–Crippen LogP) is 0.934. The Hall–Kier alpha value is -1.43. The summed E-state index contributed by atoms with van der Waals surface area (Å²) in [4.78, 5) is 12.2. The fraction of sp³-hybridized carbons (Fsp3) is 0.786. The molecule has 1 saturated heterocycles. The van der Waals surface area contributed by atoms with Crippen LogP contribution in [0, 0.1) is 0 Å². The SMILES string of the molecule is CC(NC(=O)[C@H]1CCCN1)c1nnc2n1CCCCC2. The van der Waals surface area contributed by atoms with Gasteiger partial charge in [-0.15, -0.1) is 10.2 Å². The fourth-order valence-corrected chi connectivity index (χ4v) is 3.11. The van der Waals surface area contributed by atoms with Crippen LogP contribution >= 0.6 is 0 Å². The van der Waals surface area contributed by atoms with Gasteiger partial charge < -0.3 is 15.2 Å². The molecule has 0 aromatic carbocycles. The lowest BCUT2D eigenvalue weighted by atomic mass is 10.2. The van der Waals surface area contributed by atoms with Crippen LogP contribution < -0.4 is 10.6 Å². The van der Waals surface area contributed by atoms with Gasteiger partial charge in [0.05, 0.1) is 12.1 Å². The van der Waals surface area contributed by atoms with Gasteiger partial charge in [-0.2, -0.15) is 0 Å². The van der Waals surface area contributed by atoms with Crippen LogP contribution in [0.2, 0.25) is 0 Å². The van der Waals surface area contributed by atoms with Gasteiger partial charge in [-0.3, -0.25) is 4.79 Å². The molecule has 0 bridgehead atoms. The summed E-state index contributed by atoms with van der Waals surface area (Å²) in [5.74, 6) is 2.05. The quantitative estimate of drug-likeness (QED) is 0.862. The van der Waals surface area contributed by atoms with Gasteiger partial charge in [0.2, 0.25) is 5.91 Å². The van der Waals surface area contributed by atoms with Crippen molar-refractivity contribution in [1.82, 2.24) is 25.4 Å². The molecule has 6 nitrogen and oxygen atoms in total. The molecule has 3 heterocycles. The average Bonchev–Trinajstić information content (AvgIpc) is 3.04. The minimum atomic E-state index is -0.0794. The molecule has 1 unspecified atom stereocenters. The van der Waals surface area contributed by atoms with Crippen LogP contribution in [-0.2, 0) is 17.8 Å². The lowest BCUT2D eigenvalue weighted by Crippen LogP contribution is -2.42. The Morgan fingerprint density at radius 2 is 2.25 bits per heavy atom. The van der Waals surface area contributed by atoms with E-state index >= 15 is 0 Å². The van der Waals surface area contributed by atoms with Gasteiger partial charge >= 0.3 is 0 Å². The Balaban J connectivity index is 1.69. The first-order valence-corrected chi connectivity index (χ1v) is 7.71. The second-order valence-corrected chi connectivity index (χ2v) is 5.82. The second kappa shape index (κ2) is 5.91. The summed E-state index contributed by atoms with van der Waals surface area (Å²) in [7, 11) is 0. The molecule has 1 aromatic rings. The normalized spacial score (nSPS) is 23.9. The van der Waals surface area contributed by atoms with Gasteiger partial charge in [0, 0.05) is 13.0 Å². The molecule has 1 aromatic heterocycles. The number of aromatic nitrogens is 3. The Morgan fingerprint density at radius 1 is 1.35 bits per heavy atom. The maximum Gasteiger partial charge on any atom is 0.237 e. The minimum absolute atomic E-state index is 0.0380. The molecule has 110 valence electrons. The van der Waals surface area contributed by atoms with Gasteiger partial charge in [-0.1, -0.05) is 6.42 Å². The number of aryl methyl sites for hydroxylation is 1.